The van der Waals surface area contributed by atoms with Crippen LogP contribution in [0, 0.1) is 5.92 Å². The van der Waals surface area contributed by atoms with Crippen LogP contribution in [-0.4, -0.2) is 50.9 Å². The monoisotopic (exact) mass is 364 g/mol. The zero-order chi connectivity index (χ0) is 15.8. The maximum atomic E-state index is 11.9. The highest BCUT2D eigenvalue weighted by molar-refractivity contribution is 5.94. The fourth-order valence-electron chi connectivity index (χ4n) is 1.79. The summed E-state index contributed by atoms with van der Waals surface area (Å²) >= 11 is 0. The van der Waals surface area contributed by atoms with Crippen LogP contribution >= 0.6 is 24.8 Å². The molecular weight excluding hydrogens is 339 g/mol. The van der Waals surface area contributed by atoms with Crippen LogP contribution in [0.4, 0.5) is 11.4 Å². The van der Waals surface area contributed by atoms with Gasteiger partial charge in [-0.25, -0.2) is 0 Å². The van der Waals surface area contributed by atoms with Crippen LogP contribution in [0.5, 0.6) is 0 Å². The Morgan fingerprint density at radius 1 is 1.04 bits per heavy atom. The van der Waals surface area contributed by atoms with Gasteiger partial charge in [0.05, 0.1) is 6.54 Å². The minimum Gasteiger partial charge on any atom is -0.326 e. The number of rotatable bonds is 7. The van der Waals surface area contributed by atoms with Crippen molar-refractivity contribution in [2.45, 2.75) is 6.92 Å². The van der Waals surface area contributed by atoms with Crippen molar-refractivity contribution in [1.82, 2.24) is 10.2 Å². The third kappa shape index (κ3) is 9.40. The lowest BCUT2D eigenvalue weighted by Gasteiger charge is -2.13. The second kappa shape index (κ2) is 12.1. The lowest BCUT2D eigenvalue weighted by Crippen LogP contribution is -2.28. The Labute approximate surface area is 150 Å². The zero-order valence-corrected chi connectivity index (χ0v) is 15.5. The fourth-order valence-corrected chi connectivity index (χ4v) is 1.79. The molecule has 1 aromatic carbocycles. The normalized spacial score (nSPS) is 11.0. The Morgan fingerprint density at radius 3 is 1.96 bits per heavy atom. The average molecular weight is 365 g/mol. The van der Waals surface area contributed by atoms with Crippen LogP contribution in [-0.2, 0) is 9.59 Å². The van der Waals surface area contributed by atoms with Gasteiger partial charge < -0.3 is 20.9 Å². The number of anilines is 2. The Bertz CT molecular complexity index is 481. The van der Waals surface area contributed by atoms with Crippen molar-refractivity contribution in [1.29, 1.82) is 0 Å². The molecule has 6 nitrogen and oxygen atoms in total. The first-order valence-corrected chi connectivity index (χ1v) is 6.92. The molecule has 2 amide bonds. The van der Waals surface area contributed by atoms with Gasteiger partial charge in [-0.15, -0.1) is 24.8 Å². The van der Waals surface area contributed by atoms with Gasteiger partial charge >= 0.3 is 0 Å². The lowest BCUT2D eigenvalue weighted by molar-refractivity contribution is -0.119. The van der Waals surface area contributed by atoms with Gasteiger partial charge in [-0.3, -0.25) is 9.59 Å². The number of hydrogen-bond acceptors (Lipinski definition) is 4. The SMILES string of the molecule is CNCC(C)C(=O)Nc1ccc(NC(=O)CN(C)C)cc1.Cl.Cl. The molecule has 0 saturated heterocycles. The summed E-state index contributed by atoms with van der Waals surface area (Å²) in [6.45, 7) is 2.83. The third-order valence-corrected chi connectivity index (χ3v) is 2.85. The highest BCUT2D eigenvalue weighted by Crippen LogP contribution is 2.14. The first-order chi connectivity index (χ1) is 9.92. The van der Waals surface area contributed by atoms with Gasteiger partial charge in [0.15, 0.2) is 0 Å². The number of carbonyl (C=O) groups excluding carboxylic acids is 2. The topological polar surface area (TPSA) is 73.5 Å². The Kier molecular flexibility index (Phi) is 12.6. The molecule has 0 aliphatic rings. The van der Waals surface area contributed by atoms with Gasteiger partial charge in [0, 0.05) is 23.8 Å². The number of hydrogen-bond donors (Lipinski definition) is 3. The molecule has 1 unspecified atom stereocenters. The molecule has 1 aromatic rings. The Hall–Kier alpha value is -1.34. The molecule has 1 atom stereocenters. The predicted octanol–water partition coefficient (Wildman–Crippen LogP) is 1.82. The van der Waals surface area contributed by atoms with E-state index < -0.39 is 0 Å². The van der Waals surface area contributed by atoms with Gasteiger partial charge in [0.25, 0.3) is 0 Å². The van der Waals surface area contributed by atoms with E-state index in [-0.39, 0.29) is 42.5 Å². The van der Waals surface area contributed by atoms with Crippen molar-refractivity contribution in [2.75, 3.05) is 44.9 Å². The summed E-state index contributed by atoms with van der Waals surface area (Å²) in [4.78, 5) is 25.3. The number of nitrogens with one attached hydrogen (secondary N) is 3. The summed E-state index contributed by atoms with van der Waals surface area (Å²) in [7, 11) is 5.49. The van der Waals surface area contributed by atoms with Gasteiger partial charge in [-0.2, -0.15) is 0 Å². The molecule has 132 valence electrons. The molecule has 0 aliphatic carbocycles. The van der Waals surface area contributed by atoms with E-state index in [1.165, 1.54) is 0 Å². The number of nitrogens with zero attached hydrogens (tertiary/aromatic N) is 1. The van der Waals surface area contributed by atoms with E-state index in [0.29, 0.717) is 24.5 Å². The lowest BCUT2D eigenvalue weighted by atomic mass is 10.1. The zero-order valence-electron chi connectivity index (χ0n) is 13.9. The van der Waals surface area contributed by atoms with Crippen molar-refractivity contribution in [3.05, 3.63) is 24.3 Å². The van der Waals surface area contributed by atoms with Crippen LogP contribution in [0.15, 0.2) is 24.3 Å². The molecule has 0 bridgehead atoms. The molecule has 8 heteroatoms. The minimum atomic E-state index is -0.102. The Morgan fingerprint density at radius 2 is 1.52 bits per heavy atom. The molecule has 0 heterocycles. The maximum Gasteiger partial charge on any atom is 0.238 e. The van der Waals surface area contributed by atoms with E-state index in [4.69, 9.17) is 0 Å². The molecule has 0 spiro atoms. The quantitative estimate of drug-likeness (QED) is 0.689. The minimum absolute atomic E-state index is 0. The van der Waals surface area contributed by atoms with Gasteiger partial charge in [0.1, 0.15) is 0 Å². The van der Waals surface area contributed by atoms with Crippen LogP contribution in [0.2, 0.25) is 0 Å². The van der Waals surface area contributed by atoms with Gasteiger partial charge in [-0.1, -0.05) is 6.92 Å². The standard InChI is InChI=1S/C15H24N4O2.2ClH/c1-11(9-16-2)15(21)18-13-7-5-12(6-8-13)17-14(20)10-19(3)4;;/h5-8,11,16H,9-10H2,1-4H3,(H,17,20)(H,18,21);2*1H. The molecule has 23 heavy (non-hydrogen) atoms. The van der Waals surface area contributed by atoms with Crippen molar-refractivity contribution in [3.63, 3.8) is 0 Å². The smallest absolute Gasteiger partial charge is 0.238 e. The second-order valence-electron chi connectivity index (χ2n) is 5.31. The number of benzene rings is 1. The summed E-state index contributed by atoms with van der Waals surface area (Å²) in [5.74, 6) is -0.206. The number of likely N-dealkylation sites (N-methyl/N-ethyl adjacent to an activating group) is 1. The molecule has 0 aliphatic heterocycles. The first-order valence-electron chi connectivity index (χ1n) is 6.92. The number of carbonyl (C=O) groups is 2. The molecule has 1 rings (SSSR count). The van der Waals surface area contributed by atoms with Gasteiger partial charge in [-0.05, 0) is 45.4 Å². The van der Waals surface area contributed by atoms with E-state index in [1.807, 2.05) is 28.1 Å². The molecule has 0 fully saturated rings. The number of amides is 2. The van der Waals surface area contributed by atoms with E-state index in [1.54, 1.807) is 29.2 Å². The van der Waals surface area contributed by atoms with E-state index in [9.17, 15) is 9.59 Å². The van der Waals surface area contributed by atoms with Crippen LogP contribution in [0.25, 0.3) is 0 Å². The summed E-state index contributed by atoms with van der Waals surface area (Å²) in [5, 5.41) is 8.60. The predicted molar refractivity (Wildman–Crippen MR) is 99.8 cm³/mol. The van der Waals surface area contributed by atoms with Crippen LogP contribution in [0.1, 0.15) is 6.92 Å². The van der Waals surface area contributed by atoms with Crippen LogP contribution < -0.4 is 16.0 Å². The highest BCUT2D eigenvalue weighted by atomic mass is 35.5. The van der Waals surface area contributed by atoms with E-state index in [0.717, 1.165) is 0 Å². The van der Waals surface area contributed by atoms with Crippen molar-refractivity contribution in [2.24, 2.45) is 5.92 Å². The average Bonchev–Trinajstić information content (AvgIpc) is 2.40. The first kappa shape index (κ1) is 23.9. The van der Waals surface area contributed by atoms with Crippen molar-refractivity contribution in [3.8, 4) is 0 Å². The molecular formula is C15H26Cl2N4O2. The third-order valence-electron chi connectivity index (χ3n) is 2.85. The largest absolute Gasteiger partial charge is 0.326 e. The van der Waals surface area contributed by atoms with E-state index in [2.05, 4.69) is 16.0 Å². The second-order valence-corrected chi connectivity index (χ2v) is 5.31. The Balaban J connectivity index is 0. The van der Waals surface area contributed by atoms with Crippen LogP contribution in [0.3, 0.4) is 0 Å². The fraction of sp³-hybridized carbons (Fsp3) is 0.467. The maximum absolute atomic E-state index is 11.9. The summed E-state index contributed by atoms with van der Waals surface area (Å²) in [5.41, 5.74) is 1.43. The van der Waals surface area contributed by atoms with Crippen molar-refractivity contribution < 1.29 is 9.59 Å². The van der Waals surface area contributed by atoms with E-state index >= 15 is 0 Å². The molecule has 0 radical (unpaired) electrons. The molecule has 0 saturated carbocycles. The molecule has 3 N–H and O–H groups in total. The van der Waals surface area contributed by atoms with Crippen molar-refractivity contribution >= 4 is 48.0 Å². The summed E-state index contributed by atoms with van der Waals surface area (Å²) in [6.07, 6.45) is 0. The molecule has 0 aromatic heterocycles. The van der Waals surface area contributed by atoms with Gasteiger partial charge in [0.2, 0.25) is 11.8 Å². The number of halogens is 2. The summed E-state index contributed by atoms with van der Waals surface area (Å²) in [6, 6.07) is 7.09. The summed E-state index contributed by atoms with van der Waals surface area (Å²) < 4.78 is 0. The highest BCUT2D eigenvalue weighted by Gasteiger charge is 2.11.